The maximum Gasteiger partial charge on any atom is 0.293 e. The van der Waals surface area contributed by atoms with Crippen molar-refractivity contribution in [1.29, 1.82) is 0 Å². The Hall–Kier alpha value is -1.36. The lowest BCUT2D eigenvalue weighted by molar-refractivity contribution is 0.244. The lowest BCUT2D eigenvalue weighted by Crippen LogP contribution is -2.40. The minimum absolute atomic E-state index is 0.0163. The molecule has 2 rings (SSSR count). The van der Waals surface area contributed by atoms with Crippen LogP contribution in [0.3, 0.4) is 0 Å². The molecule has 1 aromatic rings. The van der Waals surface area contributed by atoms with Crippen molar-refractivity contribution in [3.63, 3.8) is 0 Å². The Labute approximate surface area is 94.3 Å². The minimum Gasteiger partial charge on any atom is -0.394 e. The standard InChI is InChI=1S/C11H17N3O2/c1-8-3-5-14(9(8)7-15)10-11(16)13(2)6-4-12-10/h4,6,8-9,15H,3,5,7H2,1-2H3. The second-order valence-corrected chi connectivity index (χ2v) is 4.38. The van der Waals surface area contributed by atoms with Crippen LogP contribution in [0.5, 0.6) is 0 Å². The van der Waals surface area contributed by atoms with Crippen LogP contribution in [0.2, 0.25) is 0 Å². The molecule has 0 bridgehead atoms. The Bertz CT molecular complexity index is 429. The van der Waals surface area contributed by atoms with Crippen molar-refractivity contribution in [3.05, 3.63) is 22.7 Å². The molecular formula is C11H17N3O2. The highest BCUT2D eigenvalue weighted by Crippen LogP contribution is 2.25. The van der Waals surface area contributed by atoms with Gasteiger partial charge in [0.1, 0.15) is 0 Å². The van der Waals surface area contributed by atoms with Crippen molar-refractivity contribution in [1.82, 2.24) is 9.55 Å². The van der Waals surface area contributed by atoms with Crippen LogP contribution in [-0.2, 0) is 7.05 Å². The van der Waals surface area contributed by atoms with E-state index in [2.05, 4.69) is 11.9 Å². The van der Waals surface area contributed by atoms with E-state index < -0.39 is 0 Å². The topological polar surface area (TPSA) is 58.4 Å². The van der Waals surface area contributed by atoms with Gasteiger partial charge in [-0.2, -0.15) is 0 Å². The van der Waals surface area contributed by atoms with Gasteiger partial charge in [0.25, 0.3) is 5.56 Å². The van der Waals surface area contributed by atoms with E-state index in [4.69, 9.17) is 0 Å². The Kier molecular flexibility index (Phi) is 2.96. The molecule has 0 amide bonds. The summed E-state index contributed by atoms with van der Waals surface area (Å²) in [4.78, 5) is 18.0. The largest absolute Gasteiger partial charge is 0.394 e. The summed E-state index contributed by atoms with van der Waals surface area (Å²) in [5, 5.41) is 9.35. The molecule has 1 saturated heterocycles. The summed E-state index contributed by atoms with van der Waals surface area (Å²) < 4.78 is 1.51. The predicted octanol–water partition coefficient (Wildman–Crippen LogP) is -0.0126. The van der Waals surface area contributed by atoms with Gasteiger partial charge in [-0.1, -0.05) is 6.92 Å². The summed E-state index contributed by atoms with van der Waals surface area (Å²) in [6.07, 6.45) is 4.25. The van der Waals surface area contributed by atoms with Crippen molar-refractivity contribution in [2.45, 2.75) is 19.4 Å². The highest BCUT2D eigenvalue weighted by Gasteiger charge is 2.32. The van der Waals surface area contributed by atoms with Crippen molar-refractivity contribution in [2.75, 3.05) is 18.1 Å². The van der Waals surface area contributed by atoms with Crippen LogP contribution in [0.1, 0.15) is 13.3 Å². The van der Waals surface area contributed by atoms with Gasteiger partial charge < -0.3 is 14.6 Å². The van der Waals surface area contributed by atoms with Gasteiger partial charge in [-0.25, -0.2) is 4.98 Å². The first-order chi connectivity index (χ1) is 7.65. The fraction of sp³-hybridized carbons (Fsp3) is 0.636. The predicted molar refractivity (Wildman–Crippen MR) is 61.5 cm³/mol. The molecule has 2 unspecified atom stereocenters. The summed E-state index contributed by atoms with van der Waals surface area (Å²) in [6.45, 7) is 2.95. The van der Waals surface area contributed by atoms with Gasteiger partial charge in [0.15, 0.2) is 5.82 Å². The maximum absolute atomic E-state index is 11.9. The first-order valence-corrected chi connectivity index (χ1v) is 5.54. The maximum atomic E-state index is 11.9. The first kappa shape index (κ1) is 11.1. The third-order valence-electron chi connectivity index (χ3n) is 3.34. The molecule has 5 nitrogen and oxygen atoms in total. The highest BCUT2D eigenvalue weighted by atomic mass is 16.3. The molecule has 2 heterocycles. The Morgan fingerprint density at radius 2 is 2.38 bits per heavy atom. The van der Waals surface area contributed by atoms with Crippen LogP contribution in [-0.4, -0.2) is 33.9 Å². The zero-order chi connectivity index (χ0) is 11.7. The normalized spacial score (nSPS) is 25.1. The second-order valence-electron chi connectivity index (χ2n) is 4.38. The number of aliphatic hydroxyl groups is 1. The lowest BCUT2D eigenvalue weighted by Gasteiger charge is -2.25. The van der Waals surface area contributed by atoms with Gasteiger partial charge >= 0.3 is 0 Å². The van der Waals surface area contributed by atoms with Crippen LogP contribution in [0.25, 0.3) is 0 Å². The van der Waals surface area contributed by atoms with E-state index >= 15 is 0 Å². The SMILES string of the molecule is CC1CCN(c2nccn(C)c2=O)C1CO. The monoisotopic (exact) mass is 223 g/mol. The van der Waals surface area contributed by atoms with E-state index in [0.29, 0.717) is 11.7 Å². The van der Waals surface area contributed by atoms with Gasteiger partial charge in [-0.3, -0.25) is 4.79 Å². The van der Waals surface area contributed by atoms with Crippen molar-refractivity contribution in [3.8, 4) is 0 Å². The number of aryl methyl sites for hydroxylation is 1. The van der Waals surface area contributed by atoms with Crippen LogP contribution < -0.4 is 10.5 Å². The molecule has 0 aliphatic carbocycles. The molecule has 1 aliphatic heterocycles. The molecule has 0 saturated carbocycles. The summed E-state index contributed by atoms with van der Waals surface area (Å²) in [5.74, 6) is 0.852. The second kappa shape index (κ2) is 4.25. The molecule has 0 aromatic carbocycles. The fourth-order valence-electron chi connectivity index (χ4n) is 2.23. The zero-order valence-corrected chi connectivity index (χ0v) is 9.63. The van der Waals surface area contributed by atoms with Crippen LogP contribution in [0.4, 0.5) is 5.82 Å². The van der Waals surface area contributed by atoms with Gasteiger partial charge in [0, 0.05) is 26.0 Å². The first-order valence-electron chi connectivity index (χ1n) is 5.54. The zero-order valence-electron chi connectivity index (χ0n) is 9.63. The Morgan fingerprint density at radius 3 is 3.06 bits per heavy atom. The van der Waals surface area contributed by atoms with E-state index in [1.807, 2.05) is 4.90 Å². The molecular weight excluding hydrogens is 206 g/mol. The van der Waals surface area contributed by atoms with E-state index in [9.17, 15) is 9.90 Å². The van der Waals surface area contributed by atoms with E-state index in [1.165, 1.54) is 4.57 Å². The van der Waals surface area contributed by atoms with E-state index in [-0.39, 0.29) is 18.2 Å². The van der Waals surface area contributed by atoms with E-state index in [1.54, 1.807) is 19.4 Å². The quantitative estimate of drug-likeness (QED) is 0.766. The molecule has 1 fully saturated rings. The molecule has 1 aromatic heterocycles. The molecule has 1 aliphatic rings. The van der Waals surface area contributed by atoms with Crippen molar-refractivity contribution < 1.29 is 5.11 Å². The van der Waals surface area contributed by atoms with Crippen LogP contribution in [0, 0.1) is 5.92 Å². The Balaban J connectivity index is 2.38. The summed E-state index contributed by atoms with van der Waals surface area (Å²) >= 11 is 0. The molecule has 5 heteroatoms. The van der Waals surface area contributed by atoms with Gasteiger partial charge in [-0.15, -0.1) is 0 Å². The summed E-state index contributed by atoms with van der Waals surface area (Å²) in [6, 6.07) is 0.0163. The third-order valence-corrected chi connectivity index (χ3v) is 3.34. The third kappa shape index (κ3) is 1.71. The number of anilines is 1. The number of aromatic nitrogens is 2. The number of hydrogen-bond acceptors (Lipinski definition) is 4. The van der Waals surface area contributed by atoms with Crippen LogP contribution >= 0.6 is 0 Å². The molecule has 2 atom stereocenters. The van der Waals surface area contributed by atoms with Gasteiger partial charge in [0.2, 0.25) is 0 Å². The molecule has 1 N–H and O–H groups in total. The smallest absolute Gasteiger partial charge is 0.293 e. The number of rotatable bonds is 2. The fourth-order valence-corrected chi connectivity index (χ4v) is 2.23. The van der Waals surface area contributed by atoms with Crippen molar-refractivity contribution in [2.24, 2.45) is 13.0 Å². The number of nitrogens with zero attached hydrogens (tertiary/aromatic N) is 3. The number of aliphatic hydroxyl groups excluding tert-OH is 1. The molecule has 0 spiro atoms. The van der Waals surface area contributed by atoms with E-state index in [0.717, 1.165) is 13.0 Å². The number of hydrogen-bond donors (Lipinski definition) is 1. The van der Waals surface area contributed by atoms with Gasteiger partial charge in [-0.05, 0) is 12.3 Å². The minimum atomic E-state index is -0.102. The molecule has 88 valence electrons. The summed E-state index contributed by atoms with van der Waals surface area (Å²) in [7, 11) is 1.71. The highest BCUT2D eigenvalue weighted by molar-refractivity contribution is 5.39. The van der Waals surface area contributed by atoms with Gasteiger partial charge in [0.05, 0.1) is 12.6 Å². The Morgan fingerprint density at radius 1 is 1.62 bits per heavy atom. The van der Waals surface area contributed by atoms with Crippen molar-refractivity contribution >= 4 is 5.82 Å². The lowest BCUT2D eigenvalue weighted by atomic mass is 10.0. The summed E-state index contributed by atoms with van der Waals surface area (Å²) in [5.41, 5.74) is -0.102. The average molecular weight is 223 g/mol. The van der Waals surface area contributed by atoms with Crippen LogP contribution in [0.15, 0.2) is 17.2 Å². The molecule has 0 radical (unpaired) electrons. The average Bonchev–Trinajstić information content (AvgIpc) is 2.63. The molecule has 16 heavy (non-hydrogen) atoms.